The first kappa shape index (κ1) is 18.3. The van der Waals surface area contributed by atoms with Crippen molar-refractivity contribution < 1.29 is 9.18 Å². The maximum atomic E-state index is 13.0. The van der Waals surface area contributed by atoms with E-state index in [0.717, 1.165) is 11.3 Å². The van der Waals surface area contributed by atoms with E-state index in [1.807, 2.05) is 5.38 Å². The average molecular weight is 378 g/mol. The van der Waals surface area contributed by atoms with Gasteiger partial charge >= 0.3 is 0 Å². The SMILES string of the molecule is CC(=O)Nc1ccc(NC=C(C#N)c2nc(-c3ccc(F)cc3)cs2)cc1. The number of benzene rings is 2. The van der Waals surface area contributed by atoms with Crippen LogP contribution in [-0.2, 0) is 4.79 Å². The Bertz CT molecular complexity index is 1020. The second-order valence-electron chi connectivity index (χ2n) is 5.62. The lowest BCUT2D eigenvalue weighted by Crippen LogP contribution is -2.05. The van der Waals surface area contributed by atoms with Gasteiger partial charge < -0.3 is 10.6 Å². The van der Waals surface area contributed by atoms with Gasteiger partial charge in [0.25, 0.3) is 0 Å². The number of anilines is 2. The van der Waals surface area contributed by atoms with Crippen molar-refractivity contribution in [3.05, 3.63) is 70.9 Å². The highest BCUT2D eigenvalue weighted by molar-refractivity contribution is 7.11. The van der Waals surface area contributed by atoms with Crippen LogP contribution in [0.15, 0.2) is 60.1 Å². The number of amides is 1. The fourth-order valence-corrected chi connectivity index (χ4v) is 3.10. The first-order valence-corrected chi connectivity index (χ1v) is 8.89. The second kappa shape index (κ2) is 8.25. The van der Waals surface area contributed by atoms with Gasteiger partial charge in [-0.15, -0.1) is 11.3 Å². The predicted molar refractivity (Wildman–Crippen MR) is 105 cm³/mol. The van der Waals surface area contributed by atoms with Crippen LogP contribution in [0.25, 0.3) is 16.8 Å². The molecule has 1 aromatic heterocycles. The first-order chi connectivity index (χ1) is 13.0. The zero-order valence-electron chi connectivity index (χ0n) is 14.4. The van der Waals surface area contributed by atoms with E-state index in [2.05, 4.69) is 21.7 Å². The molecule has 2 N–H and O–H groups in total. The van der Waals surface area contributed by atoms with Crippen molar-refractivity contribution in [1.29, 1.82) is 5.26 Å². The number of hydrogen-bond donors (Lipinski definition) is 2. The number of halogens is 1. The molecule has 0 aliphatic carbocycles. The summed E-state index contributed by atoms with van der Waals surface area (Å²) in [6, 6.07) is 15.3. The number of aromatic nitrogens is 1. The monoisotopic (exact) mass is 378 g/mol. The molecule has 134 valence electrons. The zero-order valence-corrected chi connectivity index (χ0v) is 15.2. The highest BCUT2D eigenvalue weighted by Gasteiger charge is 2.09. The Labute approximate surface area is 159 Å². The Morgan fingerprint density at radius 2 is 1.81 bits per heavy atom. The van der Waals surface area contributed by atoms with Crippen LogP contribution in [0.1, 0.15) is 11.9 Å². The molecule has 27 heavy (non-hydrogen) atoms. The Balaban J connectivity index is 1.74. The molecular formula is C20H15FN4OS. The lowest BCUT2D eigenvalue weighted by Gasteiger charge is -2.04. The van der Waals surface area contributed by atoms with E-state index in [4.69, 9.17) is 0 Å². The van der Waals surface area contributed by atoms with Crippen LogP contribution in [0.5, 0.6) is 0 Å². The second-order valence-corrected chi connectivity index (χ2v) is 6.48. The van der Waals surface area contributed by atoms with Crippen LogP contribution in [0.2, 0.25) is 0 Å². The fraction of sp³-hybridized carbons (Fsp3) is 0.0500. The third kappa shape index (κ3) is 4.77. The molecule has 5 nitrogen and oxygen atoms in total. The number of nitriles is 1. The van der Waals surface area contributed by atoms with E-state index in [-0.39, 0.29) is 11.7 Å². The molecule has 0 fully saturated rings. The van der Waals surface area contributed by atoms with Crippen LogP contribution >= 0.6 is 11.3 Å². The third-order valence-corrected chi connectivity index (χ3v) is 4.46. The molecule has 0 spiro atoms. The van der Waals surface area contributed by atoms with Crippen LogP contribution in [0.3, 0.4) is 0 Å². The summed E-state index contributed by atoms with van der Waals surface area (Å²) in [5.41, 5.74) is 3.33. The minimum atomic E-state index is -0.305. The molecule has 0 saturated heterocycles. The first-order valence-electron chi connectivity index (χ1n) is 8.01. The number of rotatable bonds is 5. The highest BCUT2D eigenvalue weighted by atomic mass is 32.1. The van der Waals surface area contributed by atoms with Gasteiger partial charge in [0.05, 0.1) is 5.69 Å². The molecule has 0 bridgehead atoms. The van der Waals surface area contributed by atoms with Crippen molar-refractivity contribution in [2.24, 2.45) is 0 Å². The summed E-state index contributed by atoms with van der Waals surface area (Å²) in [6.45, 7) is 1.45. The van der Waals surface area contributed by atoms with Crippen LogP contribution < -0.4 is 10.6 Å². The minimum Gasteiger partial charge on any atom is -0.360 e. The molecule has 0 unspecified atom stereocenters. The quantitative estimate of drug-likeness (QED) is 0.620. The molecule has 3 rings (SSSR count). The summed E-state index contributed by atoms with van der Waals surface area (Å²) >= 11 is 1.34. The maximum Gasteiger partial charge on any atom is 0.221 e. The van der Waals surface area contributed by atoms with Crippen LogP contribution in [0, 0.1) is 17.1 Å². The van der Waals surface area contributed by atoms with Gasteiger partial charge in [-0.1, -0.05) is 0 Å². The molecule has 1 heterocycles. The fourth-order valence-electron chi connectivity index (χ4n) is 2.30. The van der Waals surface area contributed by atoms with Crippen molar-refractivity contribution in [2.75, 3.05) is 10.6 Å². The lowest BCUT2D eigenvalue weighted by atomic mass is 10.2. The lowest BCUT2D eigenvalue weighted by molar-refractivity contribution is -0.114. The number of hydrogen-bond acceptors (Lipinski definition) is 5. The van der Waals surface area contributed by atoms with Gasteiger partial charge in [-0.05, 0) is 48.5 Å². The third-order valence-electron chi connectivity index (χ3n) is 3.58. The Hall–Kier alpha value is -3.50. The molecule has 1 amide bonds. The Morgan fingerprint density at radius 3 is 2.44 bits per heavy atom. The van der Waals surface area contributed by atoms with Crippen molar-refractivity contribution in [2.45, 2.75) is 6.92 Å². The van der Waals surface area contributed by atoms with Gasteiger partial charge in [0, 0.05) is 35.4 Å². The molecule has 0 radical (unpaired) electrons. The number of carbonyl (C=O) groups excluding carboxylic acids is 1. The largest absolute Gasteiger partial charge is 0.360 e. The smallest absolute Gasteiger partial charge is 0.221 e. The van der Waals surface area contributed by atoms with Gasteiger partial charge in [0.2, 0.25) is 5.91 Å². The summed E-state index contributed by atoms with van der Waals surface area (Å²) in [4.78, 5) is 15.5. The van der Waals surface area contributed by atoms with Crippen molar-refractivity contribution >= 4 is 34.2 Å². The van der Waals surface area contributed by atoms with E-state index < -0.39 is 0 Å². The predicted octanol–water partition coefficient (Wildman–Crippen LogP) is 4.88. The van der Waals surface area contributed by atoms with Crippen LogP contribution in [0.4, 0.5) is 15.8 Å². The number of nitrogens with zero attached hydrogens (tertiary/aromatic N) is 2. The Kier molecular flexibility index (Phi) is 5.59. The topological polar surface area (TPSA) is 77.8 Å². The summed E-state index contributed by atoms with van der Waals surface area (Å²) in [5.74, 6) is -0.441. The zero-order chi connectivity index (χ0) is 19.2. The van der Waals surface area contributed by atoms with Crippen molar-refractivity contribution in [3.63, 3.8) is 0 Å². The number of allylic oxidation sites excluding steroid dienone is 1. The van der Waals surface area contributed by atoms with Gasteiger partial charge in [-0.25, -0.2) is 9.37 Å². The molecule has 7 heteroatoms. The number of thiazole rings is 1. The van der Waals surface area contributed by atoms with Crippen LogP contribution in [-0.4, -0.2) is 10.9 Å². The Morgan fingerprint density at radius 1 is 1.15 bits per heavy atom. The van der Waals surface area contributed by atoms with Gasteiger partial charge in [-0.2, -0.15) is 5.26 Å². The summed E-state index contributed by atoms with van der Waals surface area (Å²) in [5, 5.41) is 17.6. The standard InChI is InChI=1S/C20H15FN4OS/c1-13(26)24-18-8-6-17(7-9-18)23-11-15(10-22)20-25-19(12-27-20)14-2-4-16(21)5-3-14/h2-9,11-12,23H,1H3,(H,24,26). The molecule has 3 aromatic rings. The van der Waals surface area contributed by atoms with E-state index >= 15 is 0 Å². The molecule has 0 aliphatic heterocycles. The van der Waals surface area contributed by atoms with Crippen molar-refractivity contribution in [1.82, 2.24) is 4.98 Å². The van der Waals surface area contributed by atoms with Gasteiger partial charge in [0.1, 0.15) is 22.5 Å². The van der Waals surface area contributed by atoms with Crippen molar-refractivity contribution in [3.8, 4) is 17.3 Å². The summed E-state index contributed by atoms with van der Waals surface area (Å²) in [7, 11) is 0. The van der Waals surface area contributed by atoms with Gasteiger partial charge in [-0.3, -0.25) is 4.79 Å². The highest BCUT2D eigenvalue weighted by Crippen LogP contribution is 2.26. The van der Waals surface area contributed by atoms with E-state index in [0.29, 0.717) is 22.0 Å². The average Bonchev–Trinajstić information content (AvgIpc) is 3.14. The van der Waals surface area contributed by atoms with E-state index in [9.17, 15) is 14.4 Å². The molecule has 2 aromatic carbocycles. The number of carbonyl (C=O) groups is 1. The molecular weight excluding hydrogens is 363 g/mol. The summed E-state index contributed by atoms with van der Waals surface area (Å²) < 4.78 is 13.0. The summed E-state index contributed by atoms with van der Waals surface area (Å²) in [6.07, 6.45) is 1.58. The number of nitrogens with one attached hydrogen (secondary N) is 2. The van der Waals surface area contributed by atoms with E-state index in [1.54, 1.807) is 42.6 Å². The van der Waals surface area contributed by atoms with E-state index in [1.165, 1.54) is 30.4 Å². The minimum absolute atomic E-state index is 0.136. The maximum absolute atomic E-state index is 13.0. The van der Waals surface area contributed by atoms with Gasteiger partial charge in [0.15, 0.2) is 0 Å². The molecule has 0 saturated carbocycles. The molecule has 0 atom stereocenters. The normalized spacial score (nSPS) is 10.9. The molecule has 0 aliphatic rings.